The highest BCUT2D eigenvalue weighted by Crippen LogP contribution is 2.30. The maximum atomic E-state index is 9.40. The van der Waals surface area contributed by atoms with Crippen molar-refractivity contribution in [3.05, 3.63) is 23.8 Å². The van der Waals surface area contributed by atoms with Gasteiger partial charge >= 0.3 is 0 Å². The van der Waals surface area contributed by atoms with Gasteiger partial charge in [-0.1, -0.05) is 45.9 Å². The van der Waals surface area contributed by atoms with Gasteiger partial charge in [0.25, 0.3) is 0 Å². The lowest BCUT2D eigenvalue weighted by Crippen LogP contribution is -2.16. The van der Waals surface area contributed by atoms with Gasteiger partial charge in [0.1, 0.15) is 0 Å². The number of hydrogen-bond donors (Lipinski definition) is 1. The topological polar surface area (TPSA) is 20.2 Å². The molecule has 0 aromatic carbocycles. The van der Waals surface area contributed by atoms with E-state index in [9.17, 15) is 5.11 Å². The predicted molar refractivity (Wildman–Crippen MR) is 65.6 cm³/mol. The SMILES string of the molecule is CC(C)CC(C1=CCC(O)C=C1)C(C)C. The van der Waals surface area contributed by atoms with Crippen LogP contribution < -0.4 is 0 Å². The van der Waals surface area contributed by atoms with Crippen LogP contribution >= 0.6 is 0 Å². The lowest BCUT2D eigenvalue weighted by atomic mass is 9.80. The molecule has 1 rings (SSSR count). The Morgan fingerprint density at radius 3 is 2.40 bits per heavy atom. The van der Waals surface area contributed by atoms with E-state index in [2.05, 4.69) is 39.8 Å². The number of aliphatic hydroxyl groups excluding tert-OH is 1. The number of hydrogen-bond acceptors (Lipinski definition) is 1. The van der Waals surface area contributed by atoms with Crippen LogP contribution in [0.5, 0.6) is 0 Å². The van der Waals surface area contributed by atoms with E-state index in [0.29, 0.717) is 11.8 Å². The fourth-order valence-electron chi connectivity index (χ4n) is 2.20. The molecule has 0 radical (unpaired) electrons. The van der Waals surface area contributed by atoms with E-state index in [-0.39, 0.29) is 6.10 Å². The summed E-state index contributed by atoms with van der Waals surface area (Å²) in [5.74, 6) is 2.06. The second-order valence-electron chi connectivity index (χ2n) is 5.35. The Balaban J connectivity index is 2.69. The third-order valence-corrected chi connectivity index (χ3v) is 3.06. The molecule has 1 aliphatic rings. The molecule has 0 saturated carbocycles. The Kier molecular flexibility index (Phi) is 4.59. The second kappa shape index (κ2) is 5.50. The van der Waals surface area contributed by atoms with E-state index >= 15 is 0 Å². The zero-order valence-corrected chi connectivity index (χ0v) is 10.4. The lowest BCUT2D eigenvalue weighted by Gasteiger charge is -2.26. The highest BCUT2D eigenvalue weighted by Gasteiger charge is 2.19. The first-order chi connectivity index (χ1) is 7.00. The summed E-state index contributed by atoms with van der Waals surface area (Å²) in [6, 6.07) is 0. The molecule has 0 bridgehead atoms. The summed E-state index contributed by atoms with van der Waals surface area (Å²) < 4.78 is 0. The van der Waals surface area contributed by atoms with Crippen molar-refractivity contribution in [1.82, 2.24) is 0 Å². The third-order valence-electron chi connectivity index (χ3n) is 3.06. The zero-order valence-electron chi connectivity index (χ0n) is 10.4. The van der Waals surface area contributed by atoms with Crippen LogP contribution in [-0.2, 0) is 0 Å². The first kappa shape index (κ1) is 12.5. The molecule has 1 N–H and O–H groups in total. The maximum absolute atomic E-state index is 9.40. The van der Waals surface area contributed by atoms with Crippen molar-refractivity contribution < 1.29 is 5.11 Å². The Bertz CT molecular complexity index is 248. The molecule has 1 nitrogen and oxygen atoms in total. The van der Waals surface area contributed by atoms with Crippen molar-refractivity contribution in [3.8, 4) is 0 Å². The summed E-state index contributed by atoms with van der Waals surface area (Å²) >= 11 is 0. The van der Waals surface area contributed by atoms with Crippen LogP contribution in [0.2, 0.25) is 0 Å². The van der Waals surface area contributed by atoms with Gasteiger partial charge in [-0.05, 0) is 36.2 Å². The van der Waals surface area contributed by atoms with E-state index in [4.69, 9.17) is 0 Å². The molecule has 2 unspecified atom stereocenters. The van der Waals surface area contributed by atoms with Crippen LogP contribution in [0.15, 0.2) is 23.8 Å². The first-order valence-electron chi connectivity index (χ1n) is 6.07. The van der Waals surface area contributed by atoms with E-state index < -0.39 is 0 Å². The number of allylic oxidation sites excluding steroid dienone is 2. The van der Waals surface area contributed by atoms with Gasteiger partial charge in [-0.25, -0.2) is 0 Å². The number of aliphatic hydroxyl groups is 1. The average molecular weight is 208 g/mol. The van der Waals surface area contributed by atoms with Gasteiger partial charge in [0.2, 0.25) is 0 Å². The molecule has 0 aromatic heterocycles. The Labute approximate surface area is 93.9 Å². The first-order valence-corrected chi connectivity index (χ1v) is 6.07. The van der Waals surface area contributed by atoms with Gasteiger partial charge in [-0.15, -0.1) is 0 Å². The lowest BCUT2D eigenvalue weighted by molar-refractivity contribution is 0.223. The molecule has 0 heterocycles. The van der Waals surface area contributed by atoms with E-state index in [1.165, 1.54) is 12.0 Å². The van der Waals surface area contributed by atoms with Crippen LogP contribution in [0.25, 0.3) is 0 Å². The molecule has 1 heteroatoms. The Hall–Kier alpha value is -0.560. The van der Waals surface area contributed by atoms with Gasteiger partial charge in [-0.2, -0.15) is 0 Å². The third kappa shape index (κ3) is 3.83. The Morgan fingerprint density at radius 1 is 1.33 bits per heavy atom. The molecule has 0 saturated heterocycles. The standard InChI is InChI=1S/C14H24O/c1-10(2)9-14(11(3)4)12-5-7-13(15)8-6-12/h5-7,10-11,13-15H,8-9H2,1-4H3. The van der Waals surface area contributed by atoms with Crippen LogP contribution in [0.4, 0.5) is 0 Å². The largest absolute Gasteiger partial charge is 0.389 e. The van der Waals surface area contributed by atoms with E-state index in [1.54, 1.807) is 0 Å². The summed E-state index contributed by atoms with van der Waals surface area (Å²) in [4.78, 5) is 0. The minimum Gasteiger partial charge on any atom is -0.389 e. The predicted octanol–water partition coefficient (Wildman–Crippen LogP) is 3.55. The molecule has 0 aliphatic heterocycles. The van der Waals surface area contributed by atoms with E-state index in [0.717, 1.165) is 12.3 Å². The molecule has 1 aliphatic carbocycles. The van der Waals surface area contributed by atoms with Crippen molar-refractivity contribution in [2.75, 3.05) is 0 Å². The summed E-state index contributed by atoms with van der Waals surface area (Å²) in [5, 5.41) is 9.40. The molecule has 86 valence electrons. The summed E-state index contributed by atoms with van der Waals surface area (Å²) in [7, 11) is 0. The monoisotopic (exact) mass is 208 g/mol. The smallest absolute Gasteiger partial charge is 0.0758 e. The molecular weight excluding hydrogens is 184 g/mol. The fraction of sp³-hybridized carbons (Fsp3) is 0.714. The maximum Gasteiger partial charge on any atom is 0.0758 e. The molecule has 15 heavy (non-hydrogen) atoms. The summed E-state index contributed by atoms with van der Waals surface area (Å²) in [5.41, 5.74) is 1.42. The van der Waals surface area contributed by atoms with Gasteiger partial charge in [-0.3, -0.25) is 0 Å². The van der Waals surface area contributed by atoms with Crippen molar-refractivity contribution in [2.45, 2.75) is 46.6 Å². The van der Waals surface area contributed by atoms with Crippen LogP contribution in [0.1, 0.15) is 40.5 Å². The second-order valence-corrected chi connectivity index (χ2v) is 5.35. The van der Waals surface area contributed by atoms with Crippen molar-refractivity contribution in [1.29, 1.82) is 0 Å². The summed E-state index contributed by atoms with van der Waals surface area (Å²) in [6.07, 6.45) is 8.00. The molecule has 0 amide bonds. The van der Waals surface area contributed by atoms with Crippen LogP contribution in [-0.4, -0.2) is 11.2 Å². The van der Waals surface area contributed by atoms with Crippen LogP contribution in [0, 0.1) is 17.8 Å². The normalized spacial score (nSPS) is 23.4. The highest BCUT2D eigenvalue weighted by molar-refractivity contribution is 5.27. The number of rotatable bonds is 4. The van der Waals surface area contributed by atoms with E-state index in [1.807, 2.05) is 6.08 Å². The Morgan fingerprint density at radius 2 is 2.00 bits per heavy atom. The van der Waals surface area contributed by atoms with Gasteiger partial charge in [0.15, 0.2) is 0 Å². The molecule has 0 aromatic rings. The van der Waals surface area contributed by atoms with Gasteiger partial charge in [0.05, 0.1) is 6.10 Å². The van der Waals surface area contributed by atoms with Gasteiger partial charge in [0, 0.05) is 0 Å². The van der Waals surface area contributed by atoms with Crippen molar-refractivity contribution >= 4 is 0 Å². The molecule has 0 fully saturated rings. The minimum absolute atomic E-state index is 0.263. The van der Waals surface area contributed by atoms with Crippen molar-refractivity contribution in [3.63, 3.8) is 0 Å². The minimum atomic E-state index is -0.263. The highest BCUT2D eigenvalue weighted by atomic mass is 16.3. The van der Waals surface area contributed by atoms with Crippen LogP contribution in [0.3, 0.4) is 0 Å². The summed E-state index contributed by atoms with van der Waals surface area (Å²) in [6.45, 7) is 9.12. The quantitative estimate of drug-likeness (QED) is 0.749. The van der Waals surface area contributed by atoms with Crippen molar-refractivity contribution in [2.24, 2.45) is 17.8 Å². The fourth-order valence-corrected chi connectivity index (χ4v) is 2.20. The molecular formula is C14H24O. The average Bonchev–Trinajstić information content (AvgIpc) is 2.15. The van der Waals surface area contributed by atoms with Gasteiger partial charge < -0.3 is 5.11 Å². The molecule has 0 spiro atoms. The molecule has 2 atom stereocenters. The zero-order chi connectivity index (χ0) is 11.4.